The van der Waals surface area contributed by atoms with E-state index in [2.05, 4.69) is 68.2 Å². The molecule has 3 aromatic rings. The van der Waals surface area contributed by atoms with Gasteiger partial charge < -0.3 is 4.74 Å². The lowest BCUT2D eigenvalue weighted by molar-refractivity contribution is 0.305. The highest BCUT2D eigenvalue weighted by atomic mass is 16.5. The number of nitrogens with zero attached hydrogens (tertiary/aromatic N) is 1. The molecule has 0 aliphatic rings. The SMILES string of the molecule is Cc1ccc(-c2cncc(COc3ccc(C)c(C)c3)c2)cc1. The van der Waals surface area contributed by atoms with Crippen molar-refractivity contribution < 1.29 is 4.74 Å². The molecule has 1 aromatic heterocycles. The Labute approximate surface area is 137 Å². The molecule has 0 saturated heterocycles. The number of ether oxygens (including phenoxy) is 1. The molecule has 2 heteroatoms. The first-order valence-electron chi connectivity index (χ1n) is 7.83. The van der Waals surface area contributed by atoms with E-state index in [0.29, 0.717) is 6.61 Å². The average molecular weight is 303 g/mol. The number of pyridine rings is 1. The Morgan fingerprint density at radius 3 is 2.30 bits per heavy atom. The molecule has 0 radical (unpaired) electrons. The Morgan fingerprint density at radius 2 is 1.57 bits per heavy atom. The van der Waals surface area contributed by atoms with Gasteiger partial charge in [0.05, 0.1) is 0 Å². The van der Waals surface area contributed by atoms with Crippen molar-refractivity contribution in [3.63, 3.8) is 0 Å². The molecule has 0 saturated carbocycles. The van der Waals surface area contributed by atoms with Gasteiger partial charge in [-0.3, -0.25) is 4.98 Å². The number of hydrogen-bond donors (Lipinski definition) is 0. The maximum atomic E-state index is 5.90. The summed E-state index contributed by atoms with van der Waals surface area (Å²) in [6, 6.07) is 16.8. The molecule has 2 aromatic carbocycles. The maximum Gasteiger partial charge on any atom is 0.120 e. The van der Waals surface area contributed by atoms with Crippen molar-refractivity contribution >= 4 is 0 Å². The molecular weight excluding hydrogens is 282 g/mol. The van der Waals surface area contributed by atoms with Crippen molar-refractivity contribution in [3.8, 4) is 16.9 Å². The van der Waals surface area contributed by atoms with Gasteiger partial charge in [-0.2, -0.15) is 0 Å². The van der Waals surface area contributed by atoms with Gasteiger partial charge in [-0.25, -0.2) is 0 Å². The van der Waals surface area contributed by atoms with E-state index < -0.39 is 0 Å². The van der Waals surface area contributed by atoms with E-state index >= 15 is 0 Å². The summed E-state index contributed by atoms with van der Waals surface area (Å²) in [6.45, 7) is 6.82. The molecule has 0 unspecified atom stereocenters. The molecule has 23 heavy (non-hydrogen) atoms. The normalized spacial score (nSPS) is 10.6. The van der Waals surface area contributed by atoms with E-state index in [-0.39, 0.29) is 0 Å². The molecule has 0 amide bonds. The molecule has 0 spiro atoms. The summed E-state index contributed by atoms with van der Waals surface area (Å²) in [7, 11) is 0. The van der Waals surface area contributed by atoms with Crippen LogP contribution in [0.2, 0.25) is 0 Å². The molecule has 0 fully saturated rings. The molecule has 0 atom stereocenters. The smallest absolute Gasteiger partial charge is 0.120 e. The molecule has 0 N–H and O–H groups in total. The van der Waals surface area contributed by atoms with E-state index in [1.165, 1.54) is 22.3 Å². The summed E-state index contributed by atoms with van der Waals surface area (Å²) < 4.78 is 5.90. The minimum Gasteiger partial charge on any atom is -0.489 e. The van der Waals surface area contributed by atoms with Crippen LogP contribution >= 0.6 is 0 Å². The number of aromatic nitrogens is 1. The highest BCUT2D eigenvalue weighted by Gasteiger charge is 2.02. The van der Waals surface area contributed by atoms with Gasteiger partial charge >= 0.3 is 0 Å². The topological polar surface area (TPSA) is 22.1 Å². The molecule has 1 heterocycles. The molecule has 0 aliphatic carbocycles. The van der Waals surface area contributed by atoms with Crippen LogP contribution in [0.1, 0.15) is 22.3 Å². The van der Waals surface area contributed by atoms with Crippen molar-refractivity contribution in [2.24, 2.45) is 0 Å². The minimum absolute atomic E-state index is 0.523. The van der Waals surface area contributed by atoms with Gasteiger partial charge in [0.15, 0.2) is 0 Å². The molecule has 116 valence electrons. The van der Waals surface area contributed by atoms with Crippen LogP contribution in [0.25, 0.3) is 11.1 Å². The Hall–Kier alpha value is -2.61. The molecule has 2 nitrogen and oxygen atoms in total. The van der Waals surface area contributed by atoms with Crippen molar-refractivity contribution in [1.29, 1.82) is 0 Å². The second-order valence-corrected chi connectivity index (χ2v) is 5.98. The Balaban J connectivity index is 1.74. The zero-order valence-electron chi connectivity index (χ0n) is 13.8. The van der Waals surface area contributed by atoms with Crippen LogP contribution in [-0.4, -0.2) is 4.98 Å². The quantitative estimate of drug-likeness (QED) is 0.656. The molecule has 0 aliphatic heterocycles. The van der Waals surface area contributed by atoms with Crippen LogP contribution in [0.15, 0.2) is 60.9 Å². The fourth-order valence-electron chi connectivity index (χ4n) is 2.44. The molecule has 0 bridgehead atoms. The van der Waals surface area contributed by atoms with E-state index in [9.17, 15) is 0 Å². The van der Waals surface area contributed by atoms with Gasteiger partial charge in [0.1, 0.15) is 12.4 Å². The monoisotopic (exact) mass is 303 g/mol. The third kappa shape index (κ3) is 3.78. The summed E-state index contributed by atoms with van der Waals surface area (Å²) in [4.78, 5) is 4.35. The fourth-order valence-corrected chi connectivity index (χ4v) is 2.44. The predicted molar refractivity (Wildman–Crippen MR) is 94.7 cm³/mol. The summed E-state index contributed by atoms with van der Waals surface area (Å²) in [5.74, 6) is 0.897. The number of aryl methyl sites for hydroxylation is 3. The van der Waals surface area contributed by atoms with Crippen molar-refractivity contribution in [3.05, 3.63) is 83.2 Å². The van der Waals surface area contributed by atoms with Gasteiger partial charge in [-0.05, 0) is 55.7 Å². The summed E-state index contributed by atoms with van der Waals surface area (Å²) in [5.41, 5.74) is 7.15. The minimum atomic E-state index is 0.523. The van der Waals surface area contributed by atoms with Gasteiger partial charge in [-0.1, -0.05) is 35.9 Å². The third-order valence-electron chi connectivity index (χ3n) is 4.06. The largest absolute Gasteiger partial charge is 0.489 e. The van der Waals surface area contributed by atoms with Gasteiger partial charge in [0.2, 0.25) is 0 Å². The van der Waals surface area contributed by atoms with Crippen molar-refractivity contribution in [1.82, 2.24) is 4.98 Å². The number of hydrogen-bond acceptors (Lipinski definition) is 2. The van der Waals surface area contributed by atoms with Gasteiger partial charge in [0.25, 0.3) is 0 Å². The third-order valence-corrected chi connectivity index (χ3v) is 4.06. The van der Waals surface area contributed by atoms with Crippen LogP contribution in [0.3, 0.4) is 0 Å². The van der Waals surface area contributed by atoms with Gasteiger partial charge in [-0.15, -0.1) is 0 Å². The van der Waals surface area contributed by atoms with Crippen LogP contribution in [0, 0.1) is 20.8 Å². The highest BCUT2D eigenvalue weighted by Crippen LogP contribution is 2.21. The van der Waals surface area contributed by atoms with E-state index in [4.69, 9.17) is 4.74 Å². The van der Waals surface area contributed by atoms with Crippen molar-refractivity contribution in [2.75, 3.05) is 0 Å². The molecular formula is C21H21NO. The number of benzene rings is 2. The molecule has 3 rings (SSSR count). The average Bonchev–Trinajstić information content (AvgIpc) is 2.57. The second kappa shape index (κ2) is 6.66. The van der Waals surface area contributed by atoms with E-state index in [1.54, 1.807) is 0 Å². The maximum absolute atomic E-state index is 5.90. The van der Waals surface area contributed by atoms with Crippen LogP contribution < -0.4 is 4.74 Å². The summed E-state index contributed by atoms with van der Waals surface area (Å²) in [6.07, 6.45) is 3.75. The lowest BCUT2D eigenvalue weighted by Crippen LogP contribution is -1.97. The Kier molecular flexibility index (Phi) is 4.42. The second-order valence-electron chi connectivity index (χ2n) is 5.98. The lowest BCUT2D eigenvalue weighted by atomic mass is 10.0. The predicted octanol–water partition coefficient (Wildman–Crippen LogP) is 5.25. The Morgan fingerprint density at radius 1 is 0.783 bits per heavy atom. The first-order chi connectivity index (χ1) is 11.1. The zero-order chi connectivity index (χ0) is 16.2. The zero-order valence-corrected chi connectivity index (χ0v) is 13.8. The standard InChI is InChI=1S/C21H21NO/c1-15-4-7-19(8-5-15)20-11-18(12-22-13-20)14-23-21-9-6-16(2)17(3)10-21/h4-13H,14H2,1-3H3. The van der Waals surface area contributed by atoms with Crippen LogP contribution in [-0.2, 0) is 6.61 Å². The fraction of sp³-hybridized carbons (Fsp3) is 0.190. The van der Waals surface area contributed by atoms with E-state index in [0.717, 1.165) is 16.9 Å². The first kappa shape index (κ1) is 15.3. The van der Waals surface area contributed by atoms with Crippen LogP contribution in [0.4, 0.5) is 0 Å². The Bertz CT molecular complexity index is 806. The summed E-state index contributed by atoms with van der Waals surface area (Å²) >= 11 is 0. The first-order valence-corrected chi connectivity index (χ1v) is 7.83. The number of rotatable bonds is 4. The van der Waals surface area contributed by atoms with Gasteiger partial charge in [0, 0.05) is 23.5 Å². The van der Waals surface area contributed by atoms with E-state index in [1.807, 2.05) is 18.5 Å². The summed E-state index contributed by atoms with van der Waals surface area (Å²) in [5, 5.41) is 0. The highest BCUT2D eigenvalue weighted by molar-refractivity contribution is 5.63. The lowest BCUT2D eigenvalue weighted by Gasteiger charge is -2.09. The van der Waals surface area contributed by atoms with Crippen molar-refractivity contribution in [2.45, 2.75) is 27.4 Å². The van der Waals surface area contributed by atoms with Crippen LogP contribution in [0.5, 0.6) is 5.75 Å².